The quantitative estimate of drug-likeness (QED) is 0.406. The molecule has 9 heteroatoms. The van der Waals surface area contributed by atoms with Gasteiger partial charge in [-0.1, -0.05) is 0 Å². The van der Waals surface area contributed by atoms with Gasteiger partial charge < -0.3 is 20.1 Å². The van der Waals surface area contributed by atoms with E-state index in [0.29, 0.717) is 37.8 Å². The van der Waals surface area contributed by atoms with Gasteiger partial charge in [-0.25, -0.2) is 9.98 Å². The SMILES string of the molecule is CCNC(=NCc1ccnc(OCC(F)(F)F)c1)NCCCOC. The summed E-state index contributed by atoms with van der Waals surface area (Å²) in [5.41, 5.74) is 0.705. The molecular formula is C15H23F3N4O2. The third kappa shape index (κ3) is 9.19. The number of nitrogens with one attached hydrogen (secondary N) is 2. The van der Waals surface area contributed by atoms with Gasteiger partial charge in [-0.05, 0) is 25.0 Å². The lowest BCUT2D eigenvalue weighted by Gasteiger charge is -2.11. The number of pyridine rings is 1. The Hall–Kier alpha value is -2.03. The van der Waals surface area contributed by atoms with Crippen LogP contribution >= 0.6 is 0 Å². The lowest BCUT2D eigenvalue weighted by atomic mass is 10.3. The van der Waals surface area contributed by atoms with Crippen LogP contribution in [0.1, 0.15) is 18.9 Å². The first-order valence-corrected chi connectivity index (χ1v) is 7.60. The molecule has 0 aliphatic rings. The second-order valence-electron chi connectivity index (χ2n) is 4.87. The Bertz CT molecular complexity index is 510. The molecule has 0 aliphatic carbocycles. The highest BCUT2D eigenvalue weighted by atomic mass is 19.4. The molecule has 1 aromatic heterocycles. The van der Waals surface area contributed by atoms with Crippen LogP contribution in [0.5, 0.6) is 5.88 Å². The van der Waals surface area contributed by atoms with E-state index in [1.165, 1.54) is 12.3 Å². The van der Waals surface area contributed by atoms with E-state index in [-0.39, 0.29) is 5.88 Å². The van der Waals surface area contributed by atoms with Crippen LogP contribution in [0.15, 0.2) is 23.3 Å². The number of methoxy groups -OCH3 is 1. The maximum absolute atomic E-state index is 12.2. The second kappa shape index (κ2) is 10.7. The van der Waals surface area contributed by atoms with E-state index in [2.05, 4.69) is 25.3 Å². The van der Waals surface area contributed by atoms with Gasteiger partial charge >= 0.3 is 6.18 Å². The number of halogens is 3. The standard InChI is InChI=1S/C15H23F3N4O2/c1-3-19-14(21-6-4-8-23-2)22-10-12-5-7-20-13(9-12)24-11-15(16,17)18/h5,7,9H,3-4,6,8,10-11H2,1-2H3,(H2,19,21,22). The molecule has 6 nitrogen and oxygen atoms in total. The molecule has 0 aliphatic heterocycles. The van der Waals surface area contributed by atoms with Crippen molar-refractivity contribution in [2.45, 2.75) is 26.1 Å². The van der Waals surface area contributed by atoms with Gasteiger partial charge in [-0.15, -0.1) is 0 Å². The molecular weight excluding hydrogens is 325 g/mol. The number of rotatable bonds is 9. The third-order valence-electron chi connectivity index (χ3n) is 2.76. The number of aliphatic imine (C=N–C) groups is 1. The molecule has 0 atom stereocenters. The normalized spacial score (nSPS) is 12.1. The Morgan fingerprint density at radius 2 is 2.12 bits per heavy atom. The molecule has 1 rings (SSSR count). The Kier molecular flexibility index (Phi) is 8.92. The largest absolute Gasteiger partial charge is 0.468 e. The Balaban J connectivity index is 2.58. The van der Waals surface area contributed by atoms with Crippen molar-refractivity contribution in [3.63, 3.8) is 0 Å². The average Bonchev–Trinajstić information content (AvgIpc) is 2.54. The summed E-state index contributed by atoms with van der Waals surface area (Å²) < 4.78 is 46.1. The van der Waals surface area contributed by atoms with Crippen molar-refractivity contribution in [2.75, 3.05) is 33.4 Å². The highest BCUT2D eigenvalue weighted by Crippen LogP contribution is 2.17. The molecule has 24 heavy (non-hydrogen) atoms. The zero-order valence-electron chi connectivity index (χ0n) is 13.8. The molecule has 0 aromatic carbocycles. The van der Waals surface area contributed by atoms with Crippen molar-refractivity contribution < 1.29 is 22.6 Å². The van der Waals surface area contributed by atoms with Crippen LogP contribution in [0.4, 0.5) is 13.2 Å². The number of hydrogen-bond acceptors (Lipinski definition) is 4. The Morgan fingerprint density at radius 1 is 1.33 bits per heavy atom. The second-order valence-corrected chi connectivity index (χ2v) is 4.87. The summed E-state index contributed by atoms with van der Waals surface area (Å²) in [6.07, 6.45) is -2.15. The first-order valence-electron chi connectivity index (χ1n) is 7.60. The predicted octanol–water partition coefficient (Wildman–Crippen LogP) is 2.11. The summed E-state index contributed by atoms with van der Waals surface area (Å²) in [4.78, 5) is 8.14. The molecule has 0 fully saturated rings. The van der Waals surface area contributed by atoms with Crippen molar-refractivity contribution in [1.29, 1.82) is 0 Å². The summed E-state index contributed by atoms with van der Waals surface area (Å²) >= 11 is 0. The zero-order valence-corrected chi connectivity index (χ0v) is 13.8. The Morgan fingerprint density at radius 3 is 2.79 bits per heavy atom. The molecule has 0 spiro atoms. The molecule has 136 valence electrons. The van der Waals surface area contributed by atoms with Gasteiger partial charge in [-0.2, -0.15) is 13.2 Å². The van der Waals surface area contributed by atoms with Gasteiger partial charge in [0.2, 0.25) is 5.88 Å². The highest BCUT2D eigenvalue weighted by Gasteiger charge is 2.28. The van der Waals surface area contributed by atoms with E-state index in [4.69, 9.17) is 4.74 Å². The van der Waals surface area contributed by atoms with Crippen LogP contribution in [0, 0.1) is 0 Å². The molecule has 2 N–H and O–H groups in total. The van der Waals surface area contributed by atoms with Crippen LogP contribution in [-0.4, -0.2) is 50.5 Å². The number of alkyl halides is 3. The minimum atomic E-state index is -4.39. The summed E-state index contributed by atoms with van der Waals surface area (Å²) in [5.74, 6) is 0.557. The van der Waals surface area contributed by atoms with E-state index in [9.17, 15) is 13.2 Å². The number of guanidine groups is 1. The van der Waals surface area contributed by atoms with E-state index < -0.39 is 12.8 Å². The van der Waals surface area contributed by atoms with Gasteiger partial charge in [0.05, 0.1) is 6.54 Å². The van der Waals surface area contributed by atoms with E-state index in [1.807, 2.05) is 6.92 Å². The highest BCUT2D eigenvalue weighted by molar-refractivity contribution is 5.79. The van der Waals surface area contributed by atoms with Crippen LogP contribution in [0.3, 0.4) is 0 Å². The smallest absolute Gasteiger partial charge is 0.422 e. The fraction of sp³-hybridized carbons (Fsp3) is 0.600. The third-order valence-corrected chi connectivity index (χ3v) is 2.76. The van der Waals surface area contributed by atoms with Gasteiger partial charge in [0, 0.05) is 39.1 Å². The van der Waals surface area contributed by atoms with Crippen molar-refractivity contribution in [2.24, 2.45) is 4.99 Å². The van der Waals surface area contributed by atoms with Crippen molar-refractivity contribution in [3.8, 4) is 5.88 Å². The lowest BCUT2D eigenvalue weighted by molar-refractivity contribution is -0.154. The first kappa shape index (κ1) is 20.0. The molecule has 0 saturated carbocycles. The molecule has 0 unspecified atom stereocenters. The maximum atomic E-state index is 12.2. The van der Waals surface area contributed by atoms with Crippen LogP contribution in [0.2, 0.25) is 0 Å². The van der Waals surface area contributed by atoms with Crippen LogP contribution in [0.25, 0.3) is 0 Å². The van der Waals surface area contributed by atoms with Crippen LogP contribution < -0.4 is 15.4 Å². The summed E-state index contributed by atoms with van der Waals surface area (Å²) in [7, 11) is 1.64. The summed E-state index contributed by atoms with van der Waals surface area (Å²) in [5, 5.41) is 6.24. The first-order chi connectivity index (χ1) is 11.4. The van der Waals surface area contributed by atoms with Crippen molar-refractivity contribution in [3.05, 3.63) is 23.9 Å². The number of aromatic nitrogens is 1. The van der Waals surface area contributed by atoms with E-state index >= 15 is 0 Å². The predicted molar refractivity (Wildman–Crippen MR) is 85.1 cm³/mol. The average molecular weight is 348 g/mol. The minimum absolute atomic E-state index is 0.0712. The fourth-order valence-corrected chi connectivity index (χ4v) is 1.72. The van der Waals surface area contributed by atoms with Crippen molar-refractivity contribution >= 4 is 5.96 Å². The van der Waals surface area contributed by atoms with Crippen molar-refractivity contribution in [1.82, 2.24) is 15.6 Å². The van der Waals surface area contributed by atoms with E-state index in [0.717, 1.165) is 6.42 Å². The molecule has 0 saturated heterocycles. The molecule has 0 bridgehead atoms. The molecule has 0 radical (unpaired) electrons. The summed E-state index contributed by atoms with van der Waals surface area (Å²) in [6.45, 7) is 2.93. The van der Waals surface area contributed by atoms with Gasteiger partial charge in [0.15, 0.2) is 12.6 Å². The number of hydrogen-bond donors (Lipinski definition) is 2. The van der Waals surface area contributed by atoms with Gasteiger partial charge in [0.1, 0.15) is 0 Å². The molecule has 0 amide bonds. The lowest BCUT2D eigenvalue weighted by Crippen LogP contribution is -2.38. The summed E-state index contributed by atoms with van der Waals surface area (Å²) in [6, 6.07) is 3.13. The van der Waals surface area contributed by atoms with Crippen LogP contribution in [-0.2, 0) is 11.3 Å². The monoisotopic (exact) mass is 348 g/mol. The topological polar surface area (TPSA) is 67.8 Å². The number of ether oxygens (including phenoxy) is 2. The maximum Gasteiger partial charge on any atom is 0.422 e. The van der Waals surface area contributed by atoms with Gasteiger partial charge in [-0.3, -0.25) is 0 Å². The Labute approximate surface area is 139 Å². The molecule has 1 heterocycles. The number of nitrogens with zero attached hydrogens (tertiary/aromatic N) is 2. The molecule has 1 aromatic rings. The minimum Gasteiger partial charge on any atom is -0.468 e. The van der Waals surface area contributed by atoms with Gasteiger partial charge in [0.25, 0.3) is 0 Å². The fourth-order valence-electron chi connectivity index (χ4n) is 1.72. The zero-order chi connectivity index (χ0) is 17.8. The van der Waals surface area contributed by atoms with E-state index in [1.54, 1.807) is 13.2 Å².